The zero-order chi connectivity index (χ0) is 19.0. The van der Waals surface area contributed by atoms with Gasteiger partial charge in [-0.15, -0.1) is 0 Å². The molecule has 4 nitrogen and oxygen atoms in total. The maximum atomic E-state index is 11.9. The van der Waals surface area contributed by atoms with E-state index in [0.29, 0.717) is 16.5 Å². The Morgan fingerprint density at radius 2 is 2.00 bits per heavy atom. The van der Waals surface area contributed by atoms with Gasteiger partial charge in [-0.3, -0.25) is 9.69 Å². The van der Waals surface area contributed by atoms with E-state index in [9.17, 15) is 4.79 Å². The summed E-state index contributed by atoms with van der Waals surface area (Å²) in [6.07, 6.45) is 2.72. The van der Waals surface area contributed by atoms with E-state index in [4.69, 9.17) is 27.9 Å². The summed E-state index contributed by atoms with van der Waals surface area (Å²) in [6.45, 7) is 4.30. The Kier molecular flexibility index (Phi) is 5.13. The number of anilines is 1. The van der Waals surface area contributed by atoms with Crippen molar-refractivity contribution >= 4 is 40.4 Å². The van der Waals surface area contributed by atoms with Crippen molar-refractivity contribution in [3.05, 3.63) is 63.6 Å². The number of hydrogen-bond donors (Lipinski definition) is 1. The van der Waals surface area contributed by atoms with Crippen molar-refractivity contribution in [2.75, 3.05) is 18.4 Å². The maximum absolute atomic E-state index is 11.9. The van der Waals surface area contributed by atoms with Crippen molar-refractivity contribution in [2.24, 2.45) is 0 Å². The fourth-order valence-corrected chi connectivity index (χ4v) is 3.87. The summed E-state index contributed by atoms with van der Waals surface area (Å²) in [5, 5.41) is 4.16. The number of rotatable bonds is 3. The predicted octanol–water partition coefficient (Wildman–Crippen LogP) is 5.00. The number of nitrogens with zero attached hydrogens (tertiary/aromatic N) is 1. The largest absolute Gasteiger partial charge is 0.477 e. The normalized spacial score (nSPS) is 19.7. The number of benzene rings is 2. The van der Waals surface area contributed by atoms with Gasteiger partial charge in [0.1, 0.15) is 0 Å². The lowest BCUT2D eigenvalue weighted by Gasteiger charge is -2.28. The van der Waals surface area contributed by atoms with E-state index in [0.717, 1.165) is 36.6 Å². The molecule has 0 radical (unpaired) electrons. The van der Waals surface area contributed by atoms with E-state index in [2.05, 4.69) is 28.4 Å². The zero-order valence-corrected chi connectivity index (χ0v) is 16.5. The highest BCUT2D eigenvalue weighted by Crippen LogP contribution is 2.38. The molecule has 2 aliphatic rings. The molecule has 1 N–H and O–H groups in total. The Morgan fingerprint density at radius 3 is 2.70 bits per heavy atom. The zero-order valence-electron chi connectivity index (χ0n) is 15.0. The van der Waals surface area contributed by atoms with Crippen LogP contribution in [0, 0.1) is 0 Å². The third-order valence-corrected chi connectivity index (χ3v) is 5.47. The molecular formula is C21H20Cl2N2O2. The second-order valence-corrected chi connectivity index (χ2v) is 7.77. The van der Waals surface area contributed by atoms with E-state index in [-0.39, 0.29) is 5.91 Å². The molecule has 6 heteroatoms. The lowest BCUT2D eigenvalue weighted by Crippen LogP contribution is -2.34. The Balaban J connectivity index is 1.46. The average molecular weight is 403 g/mol. The average Bonchev–Trinajstić information content (AvgIpc) is 2.65. The van der Waals surface area contributed by atoms with Crippen LogP contribution in [0.5, 0.6) is 5.75 Å². The van der Waals surface area contributed by atoms with Crippen LogP contribution in [-0.2, 0) is 11.3 Å². The highest BCUT2D eigenvalue weighted by Gasteiger charge is 2.26. The molecule has 1 atom stereocenters. The molecule has 4 rings (SSSR count). The summed E-state index contributed by atoms with van der Waals surface area (Å²) in [4.78, 5) is 14.2. The molecule has 0 saturated heterocycles. The number of amides is 1. The Morgan fingerprint density at radius 1 is 1.22 bits per heavy atom. The lowest BCUT2D eigenvalue weighted by atomic mass is 9.99. The van der Waals surface area contributed by atoms with Crippen LogP contribution in [0.1, 0.15) is 24.5 Å². The third-order valence-electron chi connectivity index (χ3n) is 4.94. The SMILES string of the molecule is CC1Oc2c(Cl)cc(CN3CC=C(c4ccc(Cl)cc4)CC3)cc2NC1=O. The van der Waals surface area contributed by atoms with E-state index < -0.39 is 6.10 Å². The van der Waals surface area contributed by atoms with Gasteiger partial charge >= 0.3 is 0 Å². The molecule has 2 aliphatic heterocycles. The van der Waals surface area contributed by atoms with Crippen LogP contribution in [0.15, 0.2) is 42.5 Å². The first kappa shape index (κ1) is 18.4. The quantitative estimate of drug-likeness (QED) is 0.784. The van der Waals surface area contributed by atoms with Gasteiger partial charge in [-0.05, 0) is 54.3 Å². The topological polar surface area (TPSA) is 41.6 Å². The van der Waals surface area contributed by atoms with Crippen molar-refractivity contribution in [2.45, 2.75) is 26.0 Å². The van der Waals surface area contributed by atoms with Gasteiger partial charge in [0, 0.05) is 24.7 Å². The molecular weight excluding hydrogens is 383 g/mol. The lowest BCUT2D eigenvalue weighted by molar-refractivity contribution is -0.122. The van der Waals surface area contributed by atoms with Crippen molar-refractivity contribution in [1.29, 1.82) is 0 Å². The van der Waals surface area contributed by atoms with Crippen LogP contribution in [-0.4, -0.2) is 30.0 Å². The summed E-state index contributed by atoms with van der Waals surface area (Å²) in [5.74, 6) is 0.403. The van der Waals surface area contributed by atoms with Crippen molar-refractivity contribution in [3.63, 3.8) is 0 Å². The number of fused-ring (bicyclic) bond motifs is 1. The first-order valence-electron chi connectivity index (χ1n) is 8.97. The van der Waals surface area contributed by atoms with Crippen LogP contribution >= 0.6 is 23.2 Å². The maximum Gasteiger partial charge on any atom is 0.265 e. The number of carbonyl (C=O) groups excluding carboxylic acids is 1. The summed E-state index contributed by atoms with van der Waals surface area (Å²) < 4.78 is 5.61. The van der Waals surface area contributed by atoms with E-state index in [1.807, 2.05) is 24.3 Å². The van der Waals surface area contributed by atoms with Gasteiger partial charge < -0.3 is 10.1 Å². The Hall–Kier alpha value is -2.01. The molecule has 0 aliphatic carbocycles. The summed E-state index contributed by atoms with van der Waals surface area (Å²) in [7, 11) is 0. The Bertz CT molecular complexity index is 909. The number of carbonyl (C=O) groups is 1. The molecule has 140 valence electrons. The van der Waals surface area contributed by atoms with Crippen LogP contribution < -0.4 is 10.1 Å². The number of halogens is 2. The smallest absolute Gasteiger partial charge is 0.265 e. The minimum Gasteiger partial charge on any atom is -0.477 e. The van der Waals surface area contributed by atoms with Crippen molar-refractivity contribution in [1.82, 2.24) is 4.90 Å². The molecule has 0 bridgehead atoms. The minimum atomic E-state index is -0.528. The molecule has 2 aromatic carbocycles. The van der Waals surface area contributed by atoms with Crippen LogP contribution in [0.25, 0.3) is 5.57 Å². The first-order valence-corrected chi connectivity index (χ1v) is 9.72. The van der Waals surface area contributed by atoms with Gasteiger partial charge in [0.05, 0.1) is 10.7 Å². The van der Waals surface area contributed by atoms with Gasteiger partial charge in [-0.2, -0.15) is 0 Å². The molecule has 2 aromatic rings. The van der Waals surface area contributed by atoms with Crippen molar-refractivity contribution in [3.8, 4) is 5.75 Å². The highest BCUT2D eigenvalue weighted by molar-refractivity contribution is 6.33. The first-order chi connectivity index (χ1) is 13.0. The molecule has 0 spiro atoms. The van der Waals surface area contributed by atoms with Gasteiger partial charge in [-0.1, -0.05) is 41.4 Å². The Labute approximate surface area is 168 Å². The summed E-state index contributed by atoms with van der Waals surface area (Å²) >= 11 is 12.3. The molecule has 0 aromatic heterocycles. The summed E-state index contributed by atoms with van der Waals surface area (Å²) in [6, 6.07) is 11.9. The number of hydrogen-bond acceptors (Lipinski definition) is 3. The molecule has 0 saturated carbocycles. The molecule has 1 unspecified atom stereocenters. The van der Waals surface area contributed by atoms with E-state index in [1.54, 1.807) is 6.92 Å². The molecule has 0 fully saturated rings. The van der Waals surface area contributed by atoms with Gasteiger partial charge in [-0.25, -0.2) is 0 Å². The molecule has 27 heavy (non-hydrogen) atoms. The van der Waals surface area contributed by atoms with Crippen LogP contribution in [0.4, 0.5) is 5.69 Å². The highest BCUT2D eigenvalue weighted by atomic mass is 35.5. The number of nitrogens with one attached hydrogen (secondary N) is 1. The van der Waals surface area contributed by atoms with Gasteiger partial charge in [0.25, 0.3) is 5.91 Å². The van der Waals surface area contributed by atoms with Crippen LogP contribution in [0.3, 0.4) is 0 Å². The fourth-order valence-electron chi connectivity index (χ4n) is 3.46. The standard InChI is InChI=1S/C21H20Cl2N2O2/c1-13-21(26)24-19-11-14(10-18(23)20(19)27-13)12-25-8-6-16(7-9-25)15-2-4-17(22)5-3-15/h2-6,10-11,13H,7-9,12H2,1H3,(H,24,26). The molecule has 1 amide bonds. The van der Waals surface area contributed by atoms with E-state index >= 15 is 0 Å². The predicted molar refractivity (Wildman–Crippen MR) is 109 cm³/mol. The van der Waals surface area contributed by atoms with E-state index in [1.165, 1.54) is 11.1 Å². The molecule has 2 heterocycles. The summed E-state index contributed by atoms with van der Waals surface area (Å²) in [5.41, 5.74) is 4.28. The second-order valence-electron chi connectivity index (χ2n) is 6.93. The monoisotopic (exact) mass is 402 g/mol. The van der Waals surface area contributed by atoms with Crippen LogP contribution in [0.2, 0.25) is 10.0 Å². The third kappa shape index (κ3) is 3.98. The van der Waals surface area contributed by atoms with Gasteiger partial charge in [0.15, 0.2) is 11.9 Å². The van der Waals surface area contributed by atoms with Crippen molar-refractivity contribution < 1.29 is 9.53 Å². The van der Waals surface area contributed by atoms with Gasteiger partial charge in [0.2, 0.25) is 0 Å². The fraction of sp³-hybridized carbons (Fsp3) is 0.286. The number of ether oxygens (including phenoxy) is 1. The second kappa shape index (κ2) is 7.55. The minimum absolute atomic E-state index is 0.149.